The SMILES string of the molecule is Cl.N#Cc1ccc2c(=O)n([C@@H]3CCCNC3)cnc2c1. The number of piperidine rings is 1. The first-order valence-corrected chi connectivity index (χ1v) is 6.41. The topological polar surface area (TPSA) is 70.7 Å². The largest absolute Gasteiger partial charge is 0.315 e. The quantitative estimate of drug-likeness (QED) is 0.866. The third-order valence-electron chi connectivity index (χ3n) is 3.58. The van der Waals surface area contributed by atoms with Gasteiger partial charge in [-0.25, -0.2) is 4.98 Å². The van der Waals surface area contributed by atoms with Crippen molar-refractivity contribution in [2.45, 2.75) is 18.9 Å². The predicted molar refractivity (Wildman–Crippen MR) is 79.1 cm³/mol. The van der Waals surface area contributed by atoms with Gasteiger partial charge in [0.05, 0.1) is 34.9 Å². The molecule has 0 aliphatic carbocycles. The van der Waals surface area contributed by atoms with Crippen molar-refractivity contribution < 1.29 is 0 Å². The van der Waals surface area contributed by atoms with E-state index in [2.05, 4.69) is 16.4 Å². The first-order valence-electron chi connectivity index (χ1n) is 6.41. The number of nitrogens with one attached hydrogen (secondary N) is 1. The lowest BCUT2D eigenvalue weighted by atomic mass is 10.1. The molecule has 1 aromatic heterocycles. The van der Waals surface area contributed by atoms with Gasteiger partial charge in [0.2, 0.25) is 0 Å². The van der Waals surface area contributed by atoms with Crippen molar-refractivity contribution in [3.63, 3.8) is 0 Å². The number of fused-ring (bicyclic) bond motifs is 1. The van der Waals surface area contributed by atoms with E-state index in [1.54, 1.807) is 29.1 Å². The summed E-state index contributed by atoms with van der Waals surface area (Å²) in [7, 11) is 0. The molecule has 1 aliphatic rings. The summed E-state index contributed by atoms with van der Waals surface area (Å²) in [5.41, 5.74) is 1.09. The van der Waals surface area contributed by atoms with Crippen LogP contribution in [0.4, 0.5) is 0 Å². The van der Waals surface area contributed by atoms with Gasteiger partial charge < -0.3 is 5.32 Å². The van der Waals surface area contributed by atoms with Gasteiger partial charge in [-0.15, -0.1) is 12.4 Å². The zero-order chi connectivity index (χ0) is 13.2. The van der Waals surface area contributed by atoms with Crippen LogP contribution in [0.2, 0.25) is 0 Å². The lowest BCUT2D eigenvalue weighted by molar-refractivity contribution is 0.363. The van der Waals surface area contributed by atoms with E-state index in [0.717, 1.165) is 25.9 Å². The van der Waals surface area contributed by atoms with Gasteiger partial charge in [-0.2, -0.15) is 5.26 Å². The highest BCUT2D eigenvalue weighted by molar-refractivity contribution is 5.85. The molecule has 0 spiro atoms. The monoisotopic (exact) mass is 290 g/mol. The highest BCUT2D eigenvalue weighted by Crippen LogP contribution is 2.16. The molecule has 3 rings (SSSR count). The second-order valence-electron chi connectivity index (χ2n) is 4.80. The van der Waals surface area contributed by atoms with Crippen molar-refractivity contribution in [2.24, 2.45) is 0 Å². The van der Waals surface area contributed by atoms with Crippen molar-refractivity contribution in [1.29, 1.82) is 5.26 Å². The zero-order valence-corrected chi connectivity index (χ0v) is 11.7. The van der Waals surface area contributed by atoms with Gasteiger partial charge in [0.15, 0.2) is 0 Å². The number of nitrogens with zero attached hydrogens (tertiary/aromatic N) is 3. The molecule has 5 nitrogen and oxygen atoms in total. The smallest absolute Gasteiger partial charge is 0.261 e. The van der Waals surface area contributed by atoms with Crippen molar-refractivity contribution >= 4 is 23.3 Å². The molecular weight excluding hydrogens is 276 g/mol. The van der Waals surface area contributed by atoms with Crippen LogP contribution < -0.4 is 10.9 Å². The number of nitriles is 1. The summed E-state index contributed by atoms with van der Waals surface area (Å²) < 4.78 is 1.71. The summed E-state index contributed by atoms with van der Waals surface area (Å²) in [5, 5.41) is 12.7. The molecule has 6 heteroatoms. The molecule has 2 aromatic rings. The Morgan fingerprint density at radius 1 is 1.45 bits per heavy atom. The second kappa shape index (κ2) is 6.04. The van der Waals surface area contributed by atoms with Crippen molar-refractivity contribution in [2.75, 3.05) is 13.1 Å². The van der Waals surface area contributed by atoms with Gasteiger partial charge in [0.1, 0.15) is 0 Å². The Labute approximate surface area is 122 Å². The fourth-order valence-electron chi connectivity index (χ4n) is 2.54. The van der Waals surface area contributed by atoms with E-state index in [9.17, 15) is 4.79 Å². The maximum Gasteiger partial charge on any atom is 0.261 e. The summed E-state index contributed by atoms with van der Waals surface area (Å²) in [6.45, 7) is 1.82. The highest BCUT2D eigenvalue weighted by Gasteiger charge is 2.17. The Balaban J connectivity index is 0.00000147. The number of hydrogen-bond acceptors (Lipinski definition) is 4. The van der Waals surface area contributed by atoms with Crippen molar-refractivity contribution in [3.8, 4) is 6.07 Å². The lowest BCUT2D eigenvalue weighted by Crippen LogP contribution is -2.36. The minimum atomic E-state index is -0.0248. The molecule has 0 saturated carbocycles. The first-order chi connectivity index (χ1) is 9.29. The summed E-state index contributed by atoms with van der Waals surface area (Å²) in [6.07, 6.45) is 3.67. The number of hydrogen-bond donors (Lipinski definition) is 1. The van der Waals surface area contributed by atoms with Crippen LogP contribution in [0.15, 0.2) is 29.3 Å². The third-order valence-corrected chi connectivity index (χ3v) is 3.58. The zero-order valence-electron chi connectivity index (χ0n) is 10.9. The maximum atomic E-state index is 12.4. The maximum absolute atomic E-state index is 12.4. The fraction of sp³-hybridized carbons (Fsp3) is 0.357. The van der Waals surface area contributed by atoms with E-state index in [1.807, 2.05) is 0 Å². The Kier molecular flexibility index (Phi) is 4.38. The van der Waals surface area contributed by atoms with E-state index >= 15 is 0 Å². The Morgan fingerprint density at radius 3 is 3.00 bits per heavy atom. The first kappa shape index (κ1) is 14.5. The normalized spacial score (nSPS) is 18.2. The summed E-state index contributed by atoms with van der Waals surface area (Å²) in [6, 6.07) is 7.24. The van der Waals surface area contributed by atoms with E-state index < -0.39 is 0 Å². The van der Waals surface area contributed by atoms with Gasteiger partial charge in [-0.3, -0.25) is 9.36 Å². The molecule has 0 amide bonds. The van der Waals surface area contributed by atoms with Crippen LogP contribution >= 0.6 is 12.4 Å². The van der Waals surface area contributed by atoms with Gasteiger partial charge in [0.25, 0.3) is 5.56 Å². The summed E-state index contributed by atoms with van der Waals surface area (Å²) in [4.78, 5) is 16.7. The molecule has 0 bridgehead atoms. The van der Waals surface area contributed by atoms with E-state index in [4.69, 9.17) is 5.26 Å². The Bertz CT molecular complexity index is 713. The molecule has 1 atom stereocenters. The molecule has 1 aromatic carbocycles. The molecule has 1 aliphatic heterocycles. The predicted octanol–water partition coefficient (Wildman–Crippen LogP) is 1.61. The number of halogens is 1. The molecule has 0 radical (unpaired) electrons. The minimum Gasteiger partial charge on any atom is -0.315 e. The Morgan fingerprint density at radius 2 is 2.30 bits per heavy atom. The van der Waals surface area contributed by atoms with E-state index in [0.29, 0.717) is 16.5 Å². The van der Waals surface area contributed by atoms with Crippen LogP contribution in [-0.4, -0.2) is 22.6 Å². The average Bonchev–Trinajstić information content (AvgIpc) is 2.48. The van der Waals surface area contributed by atoms with Gasteiger partial charge >= 0.3 is 0 Å². The Hall–Kier alpha value is -1.90. The lowest BCUT2D eigenvalue weighted by Gasteiger charge is -2.24. The summed E-state index contributed by atoms with van der Waals surface area (Å²) in [5.74, 6) is 0. The van der Waals surface area contributed by atoms with Crippen LogP contribution in [-0.2, 0) is 0 Å². The minimum absolute atomic E-state index is 0. The second-order valence-corrected chi connectivity index (χ2v) is 4.80. The molecule has 2 heterocycles. The molecule has 1 fully saturated rings. The van der Waals surface area contributed by atoms with Crippen LogP contribution in [0.5, 0.6) is 0 Å². The van der Waals surface area contributed by atoms with Gasteiger partial charge in [-0.05, 0) is 37.6 Å². The standard InChI is InChI=1S/C14H14N4O.ClH/c15-7-10-3-4-12-13(6-10)17-9-18(14(12)19)11-2-1-5-16-8-11;/h3-4,6,9,11,16H,1-2,5,8H2;1H/t11-;/m1./s1. The van der Waals surface area contributed by atoms with E-state index in [1.165, 1.54) is 0 Å². The molecule has 1 N–H and O–H groups in total. The molecule has 20 heavy (non-hydrogen) atoms. The molecule has 1 saturated heterocycles. The average molecular weight is 291 g/mol. The van der Waals surface area contributed by atoms with Gasteiger partial charge in [0, 0.05) is 6.54 Å². The molecule has 0 unspecified atom stereocenters. The van der Waals surface area contributed by atoms with Crippen LogP contribution in [0.1, 0.15) is 24.4 Å². The number of rotatable bonds is 1. The van der Waals surface area contributed by atoms with Crippen molar-refractivity contribution in [3.05, 3.63) is 40.4 Å². The van der Waals surface area contributed by atoms with Crippen molar-refractivity contribution in [1.82, 2.24) is 14.9 Å². The number of benzene rings is 1. The number of aromatic nitrogens is 2. The van der Waals surface area contributed by atoms with Crippen LogP contribution in [0.3, 0.4) is 0 Å². The van der Waals surface area contributed by atoms with Gasteiger partial charge in [-0.1, -0.05) is 0 Å². The van der Waals surface area contributed by atoms with E-state index in [-0.39, 0.29) is 24.0 Å². The fourth-order valence-corrected chi connectivity index (χ4v) is 2.54. The third kappa shape index (κ3) is 2.53. The molecular formula is C14H15ClN4O. The molecule has 104 valence electrons. The van der Waals surface area contributed by atoms with Crippen LogP contribution in [0, 0.1) is 11.3 Å². The highest BCUT2D eigenvalue weighted by atomic mass is 35.5. The summed E-state index contributed by atoms with van der Waals surface area (Å²) >= 11 is 0. The van der Waals surface area contributed by atoms with Crippen LogP contribution in [0.25, 0.3) is 10.9 Å².